The molecule has 0 aliphatic heterocycles. The summed E-state index contributed by atoms with van der Waals surface area (Å²) in [4.78, 5) is 0. The standard InChI is InChI=1S/C15H14ClFO/c1-2-11-3-5-14(6-4-11)18-15-8-12(10-16)7-13(17)9-15/h3-9H,2,10H2,1H3. The summed E-state index contributed by atoms with van der Waals surface area (Å²) in [7, 11) is 0. The maximum Gasteiger partial charge on any atom is 0.130 e. The first-order valence-electron chi connectivity index (χ1n) is 5.83. The molecule has 0 aliphatic carbocycles. The first kappa shape index (κ1) is 12.9. The molecule has 94 valence electrons. The molecule has 2 rings (SSSR count). The van der Waals surface area contributed by atoms with Crippen molar-refractivity contribution in [1.29, 1.82) is 0 Å². The minimum absolute atomic E-state index is 0.267. The number of aryl methyl sites for hydroxylation is 1. The summed E-state index contributed by atoms with van der Waals surface area (Å²) >= 11 is 5.69. The Morgan fingerprint density at radius 2 is 1.72 bits per heavy atom. The second kappa shape index (κ2) is 5.87. The van der Waals surface area contributed by atoms with Crippen LogP contribution in [0, 0.1) is 5.82 Å². The highest BCUT2D eigenvalue weighted by Gasteiger charge is 2.03. The minimum Gasteiger partial charge on any atom is -0.457 e. The number of hydrogen-bond donors (Lipinski definition) is 0. The first-order chi connectivity index (χ1) is 8.71. The molecule has 0 fully saturated rings. The summed E-state index contributed by atoms with van der Waals surface area (Å²) in [6, 6.07) is 12.2. The van der Waals surface area contributed by atoms with Gasteiger partial charge in [0.15, 0.2) is 0 Å². The van der Waals surface area contributed by atoms with Gasteiger partial charge in [-0.1, -0.05) is 19.1 Å². The summed E-state index contributed by atoms with van der Waals surface area (Å²) in [5.74, 6) is 1.09. The Hall–Kier alpha value is -1.54. The normalized spacial score (nSPS) is 10.4. The van der Waals surface area contributed by atoms with Crippen LogP contribution in [0.5, 0.6) is 11.5 Å². The SMILES string of the molecule is CCc1ccc(Oc2cc(F)cc(CCl)c2)cc1. The second-order valence-corrected chi connectivity index (χ2v) is 4.30. The molecule has 2 aromatic carbocycles. The lowest BCUT2D eigenvalue weighted by Crippen LogP contribution is -1.89. The monoisotopic (exact) mass is 264 g/mol. The molecule has 1 nitrogen and oxygen atoms in total. The number of alkyl halides is 1. The molecule has 18 heavy (non-hydrogen) atoms. The van der Waals surface area contributed by atoms with Gasteiger partial charge < -0.3 is 4.74 Å². The molecule has 0 radical (unpaired) electrons. The van der Waals surface area contributed by atoms with Crippen molar-refractivity contribution in [2.75, 3.05) is 0 Å². The van der Waals surface area contributed by atoms with Gasteiger partial charge in [-0.15, -0.1) is 11.6 Å². The van der Waals surface area contributed by atoms with E-state index in [0.717, 1.165) is 6.42 Å². The van der Waals surface area contributed by atoms with Gasteiger partial charge >= 0.3 is 0 Å². The third kappa shape index (κ3) is 3.23. The Labute approximate surface area is 111 Å². The zero-order valence-electron chi connectivity index (χ0n) is 10.1. The summed E-state index contributed by atoms with van der Waals surface area (Å²) < 4.78 is 18.9. The zero-order chi connectivity index (χ0) is 13.0. The smallest absolute Gasteiger partial charge is 0.130 e. The number of benzene rings is 2. The van der Waals surface area contributed by atoms with Crippen LogP contribution in [-0.2, 0) is 12.3 Å². The van der Waals surface area contributed by atoms with E-state index >= 15 is 0 Å². The minimum atomic E-state index is -0.340. The molecule has 0 spiro atoms. The Bertz CT molecular complexity index is 523. The van der Waals surface area contributed by atoms with E-state index in [1.807, 2.05) is 24.3 Å². The molecule has 2 aromatic rings. The van der Waals surface area contributed by atoms with Crippen molar-refractivity contribution in [2.45, 2.75) is 19.2 Å². The Morgan fingerprint density at radius 3 is 2.33 bits per heavy atom. The molecular weight excluding hydrogens is 251 g/mol. The molecule has 0 aromatic heterocycles. The third-order valence-electron chi connectivity index (χ3n) is 2.65. The van der Waals surface area contributed by atoms with Crippen LogP contribution in [0.1, 0.15) is 18.1 Å². The van der Waals surface area contributed by atoms with Crippen molar-refractivity contribution >= 4 is 11.6 Å². The maximum absolute atomic E-state index is 13.3. The van der Waals surface area contributed by atoms with Gasteiger partial charge in [0.25, 0.3) is 0 Å². The Morgan fingerprint density at radius 1 is 1.00 bits per heavy atom. The van der Waals surface area contributed by atoms with Gasteiger partial charge in [-0.25, -0.2) is 4.39 Å². The summed E-state index contributed by atoms with van der Waals surface area (Å²) in [5.41, 5.74) is 1.94. The van der Waals surface area contributed by atoms with E-state index in [2.05, 4.69) is 6.92 Å². The van der Waals surface area contributed by atoms with E-state index < -0.39 is 0 Å². The largest absolute Gasteiger partial charge is 0.457 e. The van der Waals surface area contributed by atoms with Crippen LogP contribution in [0.15, 0.2) is 42.5 Å². The van der Waals surface area contributed by atoms with E-state index in [-0.39, 0.29) is 11.7 Å². The van der Waals surface area contributed by atoms with E-state index in [1.54, 1.807) is 6.07 Å². The fourth-order valence-corrected chi connectivity index (χ4v) is 1.84. The predicted octanol–water partition coefficient (Wildman–Crippen LogP) is 4.92. The summed E-state index contributed by atoms with van der Waals surface area (Å²) in [6.45, 7) is 2.09. The fourth-order valence-electron chi connectivity index (χ4n) is 1.69. The predicted molar refractivity (Wildman–Crippen MR) is 71.9 cm³/mol. The molecule has 0 saturated carbocycles. The van der Waals surface area contributed by atoms with Crippen LogP contribution in [-0.4, -0.2) is 0 Å². The molecule has 0 atom stereocenters. The number of rotatable bonds is 4. The molecule has 0 heterocycles. The van der Waals surface area contributed by atoms with Gasteiger partial charge in [-0.05, 0) is 41.8 Å². The zero-order valence-corrected chi connectivity index (χ0v) is 10.9. The number of halogens is 2. The fraction of sp³-hybridized carbons (Fsp3) is 0.200. The lowest BCUT2D eigenvalue weighted by molar-refractivity contribution is 0.476. The van der Waals surface area contributed by atoms with E-state index in [1.165, 1.54) is 17.7 Å². The molecular formula is C15H14ClFO. The molecule has 0 unspecified atom stereocenters. The van der Waals surface area contributed by atoms with Crippen molar-refractivity contribution in [3.05, 3.63) is 59.4 Å². The van der Waals surface area contributed by atoms with Crippen LogP contribution in [0.4, 0.5) is 4.39 Å². The molecule has 0 saturated heterocycles. The van der Waals surface area contributed by atoms with Gasteiger partial charge in [-0.3, -0.25) is 0 Å². The Balaban J connectivity index is 2.19. The van der Waals surface area contributed by atoms with E-state index in [9.17, 15) is 4.39 Å². The van der Waals surface area contributed by atoms with Crippen LogP contribution in [0.2, 0.25) is 0 Å². The van der Waals surface area contributed by atoms with Crippen LogP contribution in [0.25, 0.3) is 0 Å². The molecule has 0 N–H and O–H groups in total. The van der Waals surface area contributed by atoms with Gasteiger partial charge in [0, 0.05) is 11.9 Å². The van der Waals surface area contributed by atoms with Crippen LogP contribution in [0.3, 0.4) is 0 Å². The van der Waals surface area contributed by atoms with Crippen molar-refractivity contribution in [3.8, 4) is 11.5 Å². The average Bonchev–Trinajstić information content (AvgIpc) is 2.39. The second-order valence-electron chi connectivity index (χ2n) is 4.03. The van der Waals surface area contributed by atoms with Gasteiger partial charge in [0.05, 0.1) is 0 Å². The average molecular weight is 265 g/mol. The van der Waals surface area contributed by atoms with Gasteiger partial charge in [0.2, 0.25) is 0 Å². The summed E-state index contributed by atoms with van der Waals surface area (Å²) in [5, 5.41) is 0. The quantitative estimate of drug-likeness (QED) is 0.712. The molecule has 0 aliphatic rings. The number of ether oxygens (including phenoxy) is 1. The first-order valence-corrected chi connectivity index (χ1v) is 6.37. The lowest BCUT2D eigenvalue weighted by Gasteiger charge is -2.08. The Kier molecular flexibility index (Phi) is 4.21. The van der Waals surface area contributed by atoms with Crippen molar-refractivity contribution in [2.24, 2.45) is 0 Å². The number of hydrogen-bond acceptors (Lipinski definition) is 1. The highest BCUT2D eigenvalue weighted by atomic mass is 35.5. The van der Waals surface area contributed by atoms with Crippen molar-refractivity contribution in [1.82, 2.24) is 0 Å². The van der Waals surface area contributed by atoms with Crippen LogP contribution < -0.4 is 4.74 Å². The molecule has 0 amide bonds. The third-order valence-corrected chi connectivity index (χ3v) is 2.96. The highest BCUT2D eigenvalue weighted by molar-refractivity contribution is 6.17. The lowest BCUT2D eigenvalue weighted by atomic mass is 10.2. The highest BCUT2D eigenvalue weighted by Crippen LogP contribution is 2.24. The van der Waals surface area contributed by atoms with Gasteiger partial charge in [-0.2, -0.15) is 0 Å². The maximum atomic E-state index is 13.3. The molecule has 0 bridgehead atoms. The van der Waals surface area contributed by atoms with Crippen molar-refractivity contribution in [3.63, 3.8) is 0 Å². The van der Waals surface area contributed by atoms with Crippen molar-refractivity contribution < 1.29 is 9.13 Å². The molecule has 3 heteroatoms. The topological polar surface area (TPSA) is 9.23 Å². The van der Waals surface area contributed by atoms with Gasteiger partial charge in [0.1, 0.15) is 17.3 Å². The van der Waals surface area contributed by atoms with E-state index in [4.69, 9.17) is 16.3 Å². The summed E-state index contributed by atoms with van der Waals surface area (Å²) in [6.07, 6.45) is 0.983. The van der Waals surface area contributed by atoms with E-state index in [0.29, 0.717) is 17.1 Å². The van der Waals surface area contributed by atoms with Crippen LogP contribution >= 0.6 is 11.6 Å².